The minimum atomic E-state index is -4.31. The molecule has 2 nitrogen and oxygen atoms in total. The molecule has 1 heterocycles. The third kappa shape index (κ3) is 4.38. The maximum absolute atomic E-state index is 12.5. The molecule has 0 amide bonds. The van der Waals surface area contributed by atoms with Gasteiger partial charge in [0.05, 0.1) is 10.6 Å². The van der Waals surface area contributed by atoms with Crippen LogP contribution in [0, 0.1) is 0 Å². The smallest absolute Gasteiger partial charge is 0.314 e. The fourth-order valence-corrected chi connectivity index (χ4v) is 3.73. The van der Waals surface area contributed by atoms with Gasteiger partial charge in [-0.15, -0.1) is 11.8 Å². The molecule has 6 heteroatoms. The molecule has 2 unspecified atom stereocenters. The van der Waals surface area contributed by atoms with Crippen molar-refractivity contribution in [1.29, 1.82) is 0 Å². The Morgan fingerprint density at radius 1 is 1.35 bits per heavy atom. The van der Waals surface area contributed by atoms with Crippen LogP contribution in [0.2, 0.25) is 0 Å². The van der Waals surface area contributed by atoms with Crippen LogP contribution >= 0.6 is 11.8 Å². The summed E-state index contributed by atoms with van der Waals surface area (Å²) in [5.41, 5.74) is -0.684. The van der Waals surface area contributed by atoms with Gasteiger partial charge in [-0.25, -0.2) is 4.98 Å². The predicted molar refractivity (Wildman–Crippen MR) is 74.8 cm³/mol. The molecule has 1 aromatic heterocycles. The monoisotopic (exact) mass is 304 g/mol. The Kier molecular flexibility index (Phi) is 5.32. The van der Waals surface area contributed by atoms with E-state index in [-0.39, 0.29) is 0 Å². The Morgan fingerprint density at radius 2 is 2.15 bits per heavy atom. The first-order valence-corrected chi connectivity index (χ1v) is 7.80. The molecule has 0 bridgehead atoms. The molecule has 2 atom stereocenters. The lowest BCUT2D eigenvalue weighted by Gasteiger charge is -2.29. The van der Waals surface area contributed by atoms with Crippen LogP contribution in [0.3, 0.4) is 0 Å². The highest BCUT2D eigenvalue weighted by atomic mass is 32.2. The lowest BCUT2D eigenvalue weighted by atomic mass is 9.95. The molecule has 2 rings (SSSR count). The van der Waals surface area contributed by atoms with Gasteiger partial charge < -0.3 is 5.32 Å². The van der Waals surface area contributed by atoms with E-state index in [1.165, 1.54) is 12.5 Å². The van der Waals surface area contributed by atoms with Crippen LogP contribution in [0.1, 0.15) is 38.2 Å². The molecule has 1 aliphatic carbocycles. The maximum atomic E-state index is 12.5. The van der Waals surface area contributed by atoms with Crippen LogP contribution in [0.5, 0.6) is 0 Å². The number of hydrogen-bond acceptors (Lipinski definition) is 3. The topological polar surface area (TPSA) is 24.9 Å². The molecule has 0 aromatic carbocycles. The van der Waals surface area contributed by atoms with Crippen molar-refractivity contribution >= 4 is 11.8 Å². The van der Waals surface area contributed by atoms with Crippen molar-refractivity contribution in [3.63, 3.8) is 0 Å². The highest BCUT2D eigenvalue weighted by Crippen LogP contribution is 2.34. The number of halogens is 3. The molecule has 112 valence electrons. The zero-order valence-corrected chi connectivity index (χ0v) is 12.2. The van der Waals surface area contributed by atoms with Crippen molar-refractivity contribution < 1.29 is 13.2 Å². The standard InChI is InChI=1S/C14H19F3N2S/c1-2-18-11-4-3-5-12(8-11)20-13-7-6-10(9-19-13)14(15,16)17/h6-7,9,11-12,18H,2-5,8H2,1H3. The van der Waals surface area contributed by atoms with Crippen molar-refractivity contribution in [2.45, 2.75) is 55.1 Å². The van der Waals surface area contributed by atoms with E-state index in [1.54, 1.807) is 11.8 Å². The largest absolute Gasteiger partial charge is 0.417 e. The number of hydrogen-bond donors (Lipinski definition) is 1. The third-order valence-electron chi connectivity index (χ3n) is 3.47. The summed E-state index contributed by atoms with van der Waals surface area (Å²) in [5.74, 6) is 0. The van der Waals surface area contributed by atoms with Crippen molar-refractivity contribution in [1.82, 2.24) is 10.3 Å². The lowest BCUT2D eigenvalue weighted by Crippen LogP contribution is -2.34. The molecular formula is C14H19F3N2S. The summed E-state index contributed by atoms with van der Waals surface area (Å²) >= 11 is 1.60. The van der Waals surface area contributed by atoms with Gasteiger partial charge in [-0.1, -0.05) is 13.3 Å². The van der Waals surface area contributed by atoms with E-state index < -0.39 is 11.7 Å². The summed E-state index contributed by atoms with van der Waals surface area (Å²) in [7, 11) is 0. The second kappa shape index (κ2) is 6.80. The first kappa shape index (κ1) is 15.6. The van der Waals surface area contributed by atoms with Crippen LogP contribution in [0.15, 0.2) is 23.4 Å². The number of rotatable bonds is 4. The van der Waals surface area contributed by atoms with Crippen molar-refractivity contribution in [2.75, 3.05) is 6.54 Å². The number of alkyl halides is 3. The molecule has 1 aromatic rings. The molecule has 1 saturated carbocycles. The van der Waals surface area contributed by atoms with Gasteiger partial charge in [-0.2, -0.15) is 13.2 Å². The molecule has 1 fully saturated rings. The van der Waals surface area contributed by atoms with E-state index in [4.69, 9.17) is 0 Å². The fraction of sp³-hybridized carbons (Fsp3) is 0.643. The van der Waals surface area contributed by atoms with Crippen molar-refractivity contribution in [2.24, 2.45) is 0 Å². The third-order valence-corrected chi connectivity index (χ3v) is 4.71. The van der Waals surface area contributed by atoms with Gasteiger partial charge in [-0.3, -0.25) is 0 Å². The average molecular weight is 304 g/mol. The summed E-state index contributed by atoms with van der Waals surface area (Å²) in [4.78, 5) is 3.93. The first-order valence-electron chi connectivity index (χ1n) is 6.92. The summed E-state index contributed by atoms with van der Waals surface area (Å²) in [6, 6.07) is 3.12. The minimum Gasteiger partial charge on any atom is -0.314 e. The highest BCUT2D eigenvalue weighted by Gasteiger charge is 2.31. The van der Waals surface area contributed by atoms with Gasteiger partial charge in [0.2, 0.25) is 0 Å². The molecule has 1 N–H and O–H groups in total. The van der Waals surface area contributed by atoms with E-state index in [2.05, 4.69) is 17.2 Å². The zero-order valence-electron chi connectivity index (χ0n) is 11.4. The number of thioether (sulfide) groups is 1. The van der Waals surface area contributed by atoms with Crippen LogP contribution < -0.4 is 5.32 Å². The molecule has 0 radical (unpaired) electrons. The average Bonchev–Trinajstić information content (AvgIpc) is 2.39. The summed E-state index contributed by atoms with van der Waals surface area (Å²) in [6.45, 7) is 3.05. The van der Waals surface area contributed by atoms with Gasteiger partial charge >= 0.3 is 6.18 Å². The zero-order chi connectivity index (χ0) is 14.6. The number of aromatic nitrogens is 1. The van der Waals surface area contributed by atoms with Gasteiger partial charge in [-0.05, 0) is 37.9 Å². The number of nitrogens with one attached hydrogen (secondary N) is 1. The van der Waals surface area contributed by atoms with E-state index in [9.17, 15) is 13.2 Å². The second-order valence-electron chi connectivity index (χ2n) is 5.04. The molecule has 0 aliphatic heterocycles. The van der Waals surface area contributed by atoms with E-state index in [1.807, 2.05) is 0 Å². The van der Waals surface area contributed by atoms with Crippen LogP contribution in [0.4, 0.5) is 13.2 Å². The van der Waals surface area contributed by atoms with Crippen molar-refractivity contribution in [3.05, 3.63) is 23.9 Å². The molecular weight excluding hydrogens is 285 g/mol. The van der Waals surface area contributed by atoms with Crippen molar-refractivity contribution in [3.8, 4) is 0 Å². The van der Waals surface area contributed by atoms with E-state index in [0.717, 1.165) is 38.1 Å². The van der Waals surface area contributed by atoms with Gasteiger partial charge in [0, 0.05) is 17.5 Å². The Balaban J connectivity index is 1.93. The highest BCUT2D eigenvalue weighted by molar-refractivity contribution is 7.99. The van der Waals surface area contributed by atoms with Gasteiger partial charge in [0.1, 0.15) is 0 Å². The van der Waals surface area contributed by atoms with Crippen LogP contribution in [-0.2, 0) is 6.18 Å². The molecule has 1 aliphatic rings. The second-order valence-corrected chi connectivity index (χ2v) is 6.36. The maximum Gasteiger partial charge on any atom is 0.417 e. The SMILES string of the molecule is CCNC1CCCC(Sc2ccc(C(F)(F)F)cn2)C1. The summed E-state index contributed by atoms with van der Waals surface area (Å²) in [6.07, 6.45) is 1.13. The normalized spacial score (nSPS) is 23.8. The lowest BCUT2D eigenvalue weighted by molar-refractivity contribution is -0.137. The first-order chi connectivity index (χ1) is 9.49. The summed E-state index contributed by atoms with van der Waals surface area (Å²) < 4.78 is 37.4. The molecule has 0 saturated heterocycles. The Hall–Kier alpha value is -0.750. The molecule has 20 heavy (non-hydrogen) atoms. The van der Waals surface area contributed by atoms with E-state index in [0.29, 0.717) is 16.3 Å². The van der Waals surface area contributed by atoms with Gasteiger partial charge in [0.15, 0.2) is 0 Å². The van der Waals surface area contributed by atoms with Crippen LogP contribution in [-0.4, -0.2) is 22.8 Å². The van der Waals surface area contributed by atoms with Gasteiger partial charge in [0.25, 0.3) is 0 Å². The number of nitrogens with zero attached hydrogens (tertiary/aromatic N) is 1. The van der Waals surface area contributed by atoms with E-state index >= 15 is 0 Å². The predicted octanol–water partition coefficient (Wildman–Crippen LogP) is 4.11. The fourth-order valence-electron chi connectivity index (χ4n) is 2.51. The quantitative estimate of drug-likeness (QED) is 0.906. The Labute approximate surface area is 121 Å². The van der Waals surface area contributed by atoms with Crippen LogP contribution in [0.25, 0.3) is 0 Å². The molecule has 0 spiro atoms. The Bertz CT molecular complexity index is 417. The summed E-state index contributed by atoms with van der Waals surface area (Å²) in [5, 5.41) is 4.57. The minimum absolute atomic E-state index is 0.442. The Morgan fingerprint density at radius 3 is 2.75 bits per heavy atom. The number of pyridine rings is 1.